The Morgan fingerprint density at radius 1 is 1.21 bits per heavy atom. The van der Waals surface area contributed by atoms with Crippen LogP contribution in [0.25, 0.3) is 0 Å². The van der Waals surface area contributed by atoms with Crippen LogP contribution in [0.3, 0.4) is 0 Å². The van der Waals surface area contributed by atoms with E-state index in [4.69, 9.17) is 16.3 Å². The fourth-order valence-electron chi connectivity index (χ4n) is 2.39. The molecule has 1 atom stereocenters. The van der Waals surface area contributed by atoms with E-state index in [0.717, 1.165) is 4.90 Å². The maximum absolute atomic E-state index is 13.5. The molecule has 0 aromatic heterocycles. The van der Waals surface area contributed by atoms with Crippen LogP contribution in [-0.4, -0.2) is 29.6 Å². The molecule has 0 saturated carbocycles. The molecule has 1 N–H and O–H groups in total. The van der Waals surface area contributed by atoms with Gasteiger partial charge in [-0.3, -0.25) is 4.79 Å². The van der Waals surface area contributed by atoms with Gasteiger partial charge in [0, 0.05) is 0 Å². The van der Waals surface area contributed by atoms with Gasteiger partial charge in [-0.2, -0.15) is 0 Å². The third kappa shape index (κ3) is 2.78. The number of hydrogen-bond donors (Lipinski definition) is 1. The van der Waals surface area contributed by atoms with Gasteiger partial charge in [0.05, 0.1) is 22.8 Å². The fraction of sp³-hybridized carbons (Fsp3) is 0.125. The first-order valence-corrected chi connectivity index (χ1v) is 7.21. The molecule has 2 aromatic carbocycles. The monoisotopic (exact) mass is 353 g/mol. The minimum atomic E-state index is -1.28. The van der Waals surface area contributed by atoms with Gasteiger partial charge in [0.15, 0.2) is 11.6 Å². The van der Waals surface area contributed by atoms with Crippen molar-refractivity contribution in [3.63, 3.8) is 0 Å². The molecule has 124 valence electrons. The molecule has 0 spiro atoms. The number of aliphatic carboxylic acids is 1. The van der Waals surface area contributed by atoms with Crippen LogP contribution >= 0.6 is 11.6 Å². The summed E-state index contributed by atoms with van der Waals surface area (Å²) in [7, 11) is 0. The Kier molecular flexibility index (Phi) is 4.11. The van der Waals surface area contributed by atoms with E-state index in [2.05, 4.69) is 0 Å². The number of carboxylic acid groups (broad SMARTS) is 1. The number of amides is 1. The minimum absolute atomic E-state index is 0.197. The van der Waals surface area contributed by atoms with E-state index in [-0.39, 0.29) is 22.9 Å². The Hall–Kier alpha value is -2.67. The van der Waals surface area contributed by atoms with Crippen LogP contribution in [0, 0.1) is 11.6 Å². The highest BCUT2D eigenvalue weighted by molar-refractivity contribution is 6.34. The maximum atomic E-state index is 13.5. The lowest BCUT2D eigenvalue weighted by atomic mass is 10.1. The second-order valence-corrected chi connectivity index (χ2v) is 5.48. The summed E-state index contributed by atoms with van der Waals surface area (Å²) in [6, 6.07) is 7.71. The largest absolute Gasteiger partial charge is 0.478 e. The number of hydrogen-bond acceptors (Lipinski definition) is 3. The first-order chi connectivity index (χ1) is 11.4. The maximum Gasteiger partial charge on any atom is 0.346 e. The van der Waals surface area contributed by atoms with E-state index in [1.54, 1.807) is 18.2 Å². The van der Waals surface area contributed by atoms with Crippen molar-refractivity contribution < 1.29 is 28.2 Å². The van der Waals surface area contributed by atoms with Crippen molar-refractivity contribution in [2.24, 2.45) is 0 Å². The minimum Gasteiger partial charge on any atom is -0.478 e. The van der Waals surface area contributed by atoms with Crippen molar-refractivity contribution in [3.05, 3.63) is 58.6 Å². The molecule has 0 bridgehead atoms. The van der Waals surface area contributed by atoms with E-state index < -0.39 is 29.6 Å². The summed E-state index contributed by atoms with van der Waals surface area (Å²) in [6.45, 7) is -0.291. The highest BCUT2D eigenvalue weighted by Gasteiger charge is 2.34. The van der Waals surface area contributed by atoms with Crippen LogP contribution in [0.1, 0.15) is 10.4 Å². The van der Waals surface area contributed by atoms with Crippen LogP contribution in [0.15, 0.2) is 36.4 Å². The molecule has 1 amide bonds. The van der Waals surface area contributed by atoms with Gasteiger partial charge in [0.2, 0.25) is 6.10 Å². The van der Waals surface area contributed by atoms with Crippen molar-refractivity contribution in [2.75, 3.05) is 11.4 Å². The number of carboxylic acids is 1. The summed E-state index contributed by atoms with van der Waals surface area (Å²) in [5.41, 5.74) is 0.0530. The zero-order valence-electron chi connectivity index (χ0n) is 12.0. The van der Waals surface area contributed by atoms with Gasteiger partial charge in [0.25, 0.3) is 5.91 Å². The second-order valence-electron chi connectivity index (χ2n) is 5.07. The van der Waals surface area contributed by atoms with Crippen molar-refractivity contribution in [1.82, 2.24) is 0 Å². The molecule has 1 aliphatic heterocycles. The smallest absolute Gasteiger partial charge is 0.346 e. The van der Waals surface area contributed by atoms with E-state index in [1.165, 1.54) is 6.07 Å². The van der Waals surface area contributed by atoms with Gasteiger partial charge in [-0.25, -0.2) is 13.6 Å². The Morgan fingerprint density at radius 2 is 1.88 bits per heavy atom. The van der Waals surface area contributed by atoms with E-state index >= 15 is 0 Å². The lowest BCUT2D eigenvalue weighted by Crippen LogP contribution is -2.47. The summed E-state index contributed by atoms with van der Waals surface area (Å²) in [4.78, 5) is 25.1. The van der Waals surface area contributed by atoms with Crippen LogP contribution in [0.5, 0.6) is 5.75 Å². The van der Waals surface area contributed by atoms with Gasteiger partial charge < -0.3 is 14.7 Å². The normalized spacial score (nSPS) is 16.3. The SMILES string of the molecule is O=C(O)[C@H]1CN(C(=O)c2cc(F)c(F)cc2Cl)c2ccccc2O1. The zero-order chi connectivity index (χ0) is 17.4. The molecule has 0 fully saturated rings. The summed E-state index contributed by atoms with van der Waals surface area (Å²) >= 11 is 5.84. The number of nitrogens with zero attached hydrogens (tertiary/aromatic N) is 1. The Labute approximate surface area is 140 Å². The van der Waals surface area contributed by atoms with Crippen molar-refractivity contribution >= 4 is 29.2 Å². The number of halogens is 3. The Morgan fingerprint density at radius 3 is 2.58 bits per heavy atom. The summed E-state index contributed by atoms with van der Waals surface area (Å²) in [6.07, 6.45) is -1.28. The molecule has 1 aliphatic rings. The highest BCUT2D eigenvalue weighted by atomic mass is 35.5. The van der Waals surface area contributed by atoms with Crippen LogP contribution in [0.4, 0.5) is 14.5 Å². The van der Waals surface area contributed by atoms with Crippen molar-refractivity contribution in [2.45, 2.75) is 6.10 Å². The molecular formula is C16H10ClF2NO4. The number of rotatable bonds is 2. The summed E-state index contributed by atoms with van der Waals surface area (Å²) in [5.74, 6) is -4.20. The third-order valence-corrected chi connectivity index (χ3v) is 3.85. The number of carbonyl (C=O) groups is 2. The quantitative estimate of drug-likeness (QED) is 0.842. The lowest BCUT2D eigenvalue weighted by Gasteiger charge is -2.33. The molecule has 5 nitrogen and oxygen atoms in total. The van der Waals surface area contributed by atoms with E-state index in [0.29, 0.717) is 17.8 Å². The molecule has 0 radical (unpaired) electrons. The third-order valence-electron chi connectivity index (χ3n) is 3.53. The standard InChI is InChI=1S/C16H10ClF2NO4/c17-9-6-11(19)10(18)5-8(9)15(21)20-7-14(16(22)23)24-13-4-2-1-3-12(13)20/h1-6,14H,7H2,(H,22,23)/t14-/m1/s1. The predicted octanol–water partition coefficient (Wildman–Crippen LogP) is 3.11. The molecule has 0 unspecified atom stereocenters. The van der Waals surface area contributed by atoms with Gasteiger partial charge in [-0.15, -0.1) is 0 Å². The highest BCUT2D eigenvalue weighted by Crippen LogP contribution is 2.35. The van der Waals surface area contributed by atoms with E-state index in [1.807, 2.05) is 0 Å². The second kappa shape index (κ2) is 6.09. The number of para-hydroxylation sites is 2. The molecule has 0 aliphatic carbocycles. The number of benzene rings is 2. The van der Waals surface area contributed by atoms with Gasteiger partial charge in [-0.05, 0) is 24.3 Å². The Balaban J connectivity index is 2.06. The number of anilines is 1. The van der Waals surface area contributed by atoms with Crippen molar-refractivity contribution in [1.29, 1.82) is 0 Å². The molecule has 0 saturated heterocycles. The van der Waals surface area contributed by atoms with Crippen LogP contribution < -0.4 is 9.64 Å². The summed E-state index contributed by atoms with van der Waals surface area (Å²) in [5, 5.41) is 8.90. The van der Waals surface area contributed by atoms with Gasteiger partial charge >= 0.3 is 5.97 Å². The lowest BCUT2D eigenvalue weighted by molar-refractivity contribution is -0.144. The molecule has 2 aromatic rings. The molecule has 24 heavy (non-hydrogen) atoms. The number of ether oxygens (including phenoxy) is 1. The topological polar surface area (TPSA) is 66.8 Å². The van der Waals surface area contributed by atoms with E-state index in [9.17, 15) is 23.5 Å². The van der Waals surface area contributed by atoms with Gasteiger partial charge in [0.1, 0.15) is 5.75 Å². The predicted molar refractivity (Wildman–Crippen MR) is 81.5 cm³/mol. The number of fused-ring (bicyclic) bond motifs is 1. The Bertz CT molecular complexity index is 843. The first kappa shape index (κ1) is 16.2. The molecule has 1 heterocycles. The average molecular weight is 354 g/mol. The molecular weight excluding hydrogens is 344 g/mol. The van der Waals surface area contributed by atoms with Crippen LogP contribution in [-0.2, 0) is 4.79 Å². The first-order valence-electron chi connectivity index (χ1n) is 6.83. The average Bonchev–Trinajstić information content (AvgIpc) is 2.56. The molecule has 3 rings (SSSR count). The zero-order valence-corrected chi connectivity index (χ0v) is 12.8. The molecule has 8 heteroatoms. The van der Waals surface area contributed by atoms with Crippen molar-refractivity contribution in [3.8, 4) is 5.75 Å². The summed E-state index contributed by atoms with van der Waals surface area (Å²) < 4.78 is 32.0. The number of carbonyl (C=O) groups excluding carboxylic acids is 1. The van der Waals surface area contributed by atoms with Crippen LogP contribution in [0.2, 0.25) is 5.02 Å². The van der Waals surface area contributed by atoms with Gasteiger partial charge in [-0.1, -0.05) is 23.7 Å². The fourth-order valence-corrected chi connectivity index (χ4v) is 2.62.